The Morgan fingerprint density at radius 2 is 1.60 bits per heavy atom. The number of halogens is 1. The molecule has 0 amide bonds. The van der Waals surface area contributed by atoms with Crippen LogP contribution in [0.4, 0.5) is 0 Å². The van der Waals surface area contributed by atoms with Crippen LogP contribution in [0, 0.1) is 0 Å². The Hall–Kier alpha value is -0.760. The second kappa shape index (κ2) is 11.0. The van der Waals surface area contributed by atoms with E-state index in [9.17, 15) is 0 Å². The lowest BCUT2D eigenvalue weighted by molar-refractivity contribution is 0.554. The molecule has 0 atom stereocenters. The summed E-state index contributed by atoms with van der Waals surface area (Å²) >= 11 is 6.05. The molecule has 0 spiro atoms. The number of unbranched alkanes of at least 4 members (excludes halogenated alkanes) is 9. The standard InChI is InChI=1S/C17H29ClN2/c1-3-5-6-7-8-9-10-11-12-13-14-17-19-16(4-2)15-20(17)18/h4,15H,2-3,5-14H2,1H3. The second-order valence-corrected chi connectivity index (χ2v) is 5.89. The first-order valence-electron chi connectivity index (χ1n) is 8.14. The zero-order chi connectivity index (χ0) is 14.6. The predicted octanol–water partition coefficient (Wildman–Crippen LogP) is 5.99. The monoisotopic (exact) mass is 296 g/mol. The van der Waals surface area contributed by atoms with Gasteiger partial charge in [0.1, 0.15) is 5.82 Å². The molecular formula is C17H29ClN2. The third-order valence-electron chi connectivity index (χ3n) is 3.71. The molecule has 114 valence electrons. The Bertz CT molecular complexity index is 371. The van der Waals surface area contributed by atoms with Crippen molar-refractivity contribution in [3.8, 4) is 0 Å². The second-order valence-electron chi connectivity index (χ2n) is 5.53. The van der Waals surface area contributed by atoms with E-state index in [0.29, 0.717) is 0 Å². The molecule has 0 saturated heterocycles. The van der Waals surface area contributed by atoms with Crippen LogP contribution in [0.25, 0.3) is 6.08 Å². The molecule has 0 saturated carbocycles. The van der Waals surface area contributed by atoms with Gasteiger partial charge in [-0.3, -0.25) is 0 Å². The number of imidazole rings is 1. The SMILES string of the molecule is C=Cc1cn(Cl)c(CCCCCCCCCCCC)n1. The number of aryl methyl sites for hydroxylation is 1. The van der Waals surface area contributed by atoms with Gasteiger partial charge < -0.3 is 0 Å². The predicted molar refractivity (Wildman–Crippen MR) is 89.1 cm³/mol. The molecule has 0 unspecified atom stereocenters. The first kappa shape index (κ1) is 17.3. The van der Waals surface area contributed by atoms with E-state index in [2.05, 4.69) is 18.5 Å². The third-order valence-corrected chi connectivity index (χ3v) is 4.01. The van der Waals surface area contributed by atoms with Crippen molar-refractivity contribution in [2.45, 2.75) is 77.6 Å². The molecular weight excluding hydrogens is 268 g/mol. The highest BCUT2D eigenvalue weighted by molar-refractivity contribution is 6.15. The maximum Gasteiger partial charge on any atom is 0.124 e. The number of rotatable bonds is 12. The van der Waals surface area contributed by atoms with Gasteiger partial charge in [-0.2, -0.15) is 0 Å². The lowest BCUT2D eigenvalue weighted by atomic mass is 10.1. The zero-order valence-electron chi connectivity index (χ0n) is 12.9. The molecule has 0 bridgehead atoms. The summed E-state index contributed by atoms with van der Waals surface area (Å²) in [5, 5.41) is 0. The van der Waals surface area contributed by atoms with Gasteiger partial charge in [-0.05, 0) is 12.5 Å². The lowest BCUT2D eigenvalue weighted by Crippen LogP contribution is -1.93. The van der Waals surface area contributed by atoms with Crippen molar-refractivity contribution in [3.63, 3.8) is 0 Å². The number of hydrogen-bond donors (Lipinski definition) is 0. The van der Waals surface area contributed by atoms with E-state index in [1.165, 1.54) is 64.2 Å². The summed E-state index contributed by atoms with van der Waals surface area (Å²) in [6.07, 6.45) is 18.1. The number of nitrogens with zero attached hydrogens (tertiary/aromatic N) is 2. The van der Waals surface area contributed by atoms with Crippen LogP contribution >= 0.6 is 11.8 Å². The minimum absolute atomic E-state index is 0.863. The molecule has 3 heteroatoms. The molecule has 0 radical (unpaired) electrons. The van der Waals surface area contributed by atoms with Crippen LogP contribution in [0.5, 0.6) is 0 Å². The molecule has 0 aliphatic heterocycles. The van der Waals surface area contributed by atoms with E-state index in [0.717, 1.165) is 17.9 Å². The summed E-state index contributed by atoms with van der Waals surface area (Å²) in [6, 6.07) is 0. The molecule has 0 aliphatic carbocycles. The van der Waals surface area contributed by atoms with Crippen LogP contribution < -0.4 is 0 Å². The quantitative estimate of drug-likeness (QED) is 0.433. The first-order chi connectivity index (χ1) is 9.77. The minimum Gasteiger partial charge on any atom is -0.245 e. The van der Waals surface area contributed by atoms with E-state index in [1.54, 1.807) is 10.2 Å². The van der Waals surface area contributed by atoms with Crippen LogP contribution in [-0.2, 0) is 6.42 Å². The molecule has 0 aliphatic rings. The van der Waals surface area contributed by atoms with Gasteiger partial charge in [0.2, 0.25) is 0 Å². The Balaban J connectivity index is 1.96. The lowest BCUT2D eigenvalue weighted by Gasteiger charge is -2.02. The van der Waals surface area contributed by atoms with Gasteiger partial charge in [-0.15, -0.1) is 0 Å². The van der Waals surface area contributed by atoms with Gasteiger partial charge >= 0.3 is 0 Å². The van der Waals surface area contributed by atoms with Gasteiger partial charge in [0.25, 0.3) is 0 Å². The molecule has 1 aromatic rings. The summed E-state index contributed by atoms with van der Waals surface area (Å²) in [7, 11) is 0. The highest BCUT2D eigenvalue weighted by atomic mass is 35.5. The van der Waals surface area contributed by atoms with Crippen molar-refractivity contribution in [3.05, 3.63) is 24.3 Å². The van der Waals surface area contributed by atoms with E-state index >= 15 is 0 Å². The fraction of sp³-hybridized carbons (Fsp3) is 0.706. The highest BCUT2D eigenvalue weighted by Crippen LogP contribution is 2.13. The van der Waals surface area contributed by atoms with Crippen LogP contribution in [0.1, 0.15) is 82.7 Å². The molecule has 1 rings (SSSR count). The Morgan fingerprint density at radius 3 is 2.10 bits per heavy atom. The summed E-state index contributed by atoms with van der Waals surface area (Å²) in [6.45, 7) is 5.98. The molecule has 2 nitrogen and oxygen atoms in total. The average Bonchev–Trinajstić information content (AvgIpc) is 2.81. The van der Waals surface area contributed by atoms with Gasteiger partial charge in [0, 0.05) is 24.4 Å². The van der Waals surface area contributed by atoms with Crippen molar-refractivity contribution in [2.24, 2.45) is 0 Å². The molecule has 1 aromatic heterocycles. The van der Waals surface area contributed by atoms with Crippen LogP contribution in [0.15, 0.2) is 12.8 Å². The Morgan fingerprint density at radius 1 is 1.05 bits per heavy atom. The average molecular weight is 297 g/mol. The van der Waals surface area contributed by atoms with Crippen molar-refractivity contribution < 1.29 is 0 Å². The maximum atomic E-state index is 6.05. The fourth-order valence-electron chi connectivity index (χ4n) is 2.45. The largest absolute Gasteiger partial charge is 0.245 e. The Labute approximate surface area is 129 Å². The van der Waals surface area contributed by atoms with E-state index in [-0.39, 0.29) is 0 Å². The summed E-state index contributed by atoms with van der Waals surface area (Å²) < 4.78 is 1.60. The van der Waals surface area contributed by atoms with Gasteiger partial charge in [0.15, 0.2) is 0 Å². The zero-order valence-corrected chi connectivity index (χ0v) is 13.7. The highest BCUT2D eigenvalue weighted by Gasteiger charge is 2.04. The van der Waals surface area contributed by atoms with Crippen molar-refractivity contribution >= 4 is 17.9 Å². The van der Waals surface area contributed by atoms with Crippen LogP contribution in [0.3, 0.4) is 0 Å². The summed E-state index contributed by atoms with van der Waals surface area (Å²) in [4.78, 5) is 4.42. The van der Waals surface area contributed by atoms with E-state index in [4.69, 9.17) is 11.8 Å². The molecule has 0 N–H and O–H groups in total. The smallest absolute Gasteiger partial charge is 0.124 e. The van der Waals surface area contributed by atoms with Crippen molar-refractivity contribution in [2.75, 3.05) is 0 Å². The fourth-order valence-corrected chi connectivity index (χ4v) is 2.67. The van der Waals surface area contributed by atoms with E-state index < -0.39 is 0 Å². The van der Waals surface area contributed by atoms with Crippen LogP contribution in [-0.4, -0.2) is 9.07 Å². The minimum atomic E-state index is 0.863. The third kappa shape index (κ3) is 7.14. The number of aromatic nitrogens is 2. The Kier molecular flexibility index (Phi) is 9.48. The normalized spacial score (nSPS) is 10.9. The topological polar surface area (TPSA) is 17.8 Å². The summed E-state index contributed by atoms with van der Waals surface area (Å²) in [5.41, 5.74) is 0.863. The van der Waals surface area contributed by atoms with Crippen molar-refractivity contribution in [1.29, 1.82) is 0 Å². The number of hydrogen-bond acceptors (Lipinski definition) is 1. The summed E-state index contributed by atoms with van der Waals surface area (Å²) in [5.74, 6) is 0.959. The van der Waals surface area contributed by atoms with E-state index in [1.807, 2.05) is 6.20 Å². The first-order valence-corrected chi connectivity index (χ1v) is 8.48. The van der Waals surface area contributed by atoms with Gasteiger partial charge in [-0.25, -0.2) is 9.07 Å². The van der Waals surface area contributed by atoms with Crippen LogP contribution in [0.2, 0.25) is 0 Å². The van der Waals surface area contributed by atoms with Crippen molar-refractivity contribution in [1.82, 2.24) is 9.07 Å². The van der Waals surface area contributed by atoms with Gasteiger partial charge in [-0.1, -0.05) is 71.3 Å². The van der Waals surface area contributed by atoms with Gasteiger partial charge in [0.05, 0.1) is 5.69 Å². The maximum absolute atomic E-state index is 6.05. The molecule has 1 heterocycles. The molecule has 20 heavy (non-hydrogen) atoms. The molecule has 0 aromatic carbocycles. The molecule has 0 fully saturated rings.